The fraction of sp³-hybridized carbons (Fsp3) is 0.429. The van der Waals surface area contributed by atoms with Gasteiger partial charge in [0.1, 0.15) is 0 Å². The lowest BCUT2D eigenvalue weighted by Gasteiger charge is -2.11. The van der Waals surface area contributed by atoms with E-state index < -0.39 is 0 Å². The normalized spacial score (nSPS) is 10.8. The molecule has 0 heterocycles. The molecule has 3 heteroatoms. The lowest BCUT2D eigenvalue weighted by atomic mass is 10.3. The Hall–Kier alpha value is -1.15. The van der Waals surface area contributed by atoms with Crippen molar-refractivity contribution in [1.82, 2.24) is 0 Å². The number of ether oxygens (including phenoxy) is 2. The monoisotopic (exact) mass is 254 g/mol. The molecule has 1 aromatic carbocycles. The van der Waals surface area contributed by atoms with Gasteiger partial charge in [-0.1, -0.05) is 37.9 Å². The first-order valence-corrected chi connectivity index (χ1v) is 6.40. The van der Waals surface area contributed by atoms with Gasteiger partial charge in [0, 0.05) is 0 Å². The second kappa shape index (κ2) is 8.02. The van der Waals surface area contributed by atoms with Crippen molar-refractivity contribution >= 4 is 11.6 Å². The molecule has 1 rings (SSSR count). The predicted molar refractivity (Wildman–Crippen MR) is 71.9 cm³/mol. The topological polar surface area (TPSA) is 18.5 Å². The summed E-state index contributed by atoms with van der Waals surface area (Å²) in [5, 5.41) is 0.569. The van der Waals surface area contributed by atoms with Crippen molar-refractivity contribution in [3.05, 3.63) is 35.6 Å². The van der Waals surface area contributed by atoms with Crippen molar-refractivity contribution in [2.75, 3.05) is 6.61 Å². The van der Waals surface area contributed by atoms with Gasteiger partial charge >= 0.3 is 0 Å². The Morgan fingerprint density at radius 3 is 2.82 bits per heavy atom. The zero-order valence-corrected chi connectivity index (χ0v) is 11.2. The summed E-state index contributed by atoms with van der Waals surface area (Å²) in [6.07, 6.45) is 6.63. The van der Waals surface area contributed by atoms with Gasteiger partial charge in [0.25, 0.3) is 0 Å². The van der Waals surface area contributed by atoms with E-state index in [9.17, 15) is 0 Å². The lowest BCUT2D eigenvalue weighted by Crippen LogP contribution is -1.98. The molecule has 0 fully saturated rings. The van der Waals surface area contributed by atoms with Crippen molar-refractivity contribution in [3.63, 3.8) is 0 Å². The fourth-order valence-electron chi connectivity index (χ4n) is 1.26. The Morgan fingerprint density at radius 2 is 2.12 bits per heavy atom. The fourth-order valence-corrected chi connectivity index (χ4v) is 1.47. The van der Waals surface area contributed by atoms with E-state index >= 15 is 0 Å². The van der Waals surface area contributed by atoms with E-state index in [-0.39, 0.29) is 0 Å². The molecule has 0 saturated carbocycles. The van der Waals surface area contributed by atoms with Crippen LogP contribution in [0.2, 0.25) is 5.02 Å². The van der Waals surface area contributed by atoms with Crippen LogP contribution in [0.3, 0.4) is 0 Å². The molecule has 0 saturated heterocycles. The quantitative estimate of drug-likeness (QED) is 0.513. The van der Waals surface area contributed by atoms with Crippen LogP contribution < -0.4 is 9.47 Å². The summed E-state index contributed by atoms with van der Waals surface area (Å²) in [4.78, 5) is 0. The second-order valence-corrected chi connectivity index (χ2v) is 4.07. The minimum atomic E-state index is 0.569. The van der Waals surface area contributed by atoms with E-state index in [1.807, 2.05) is 25.1 Å². The highest BCUT2D eigenvalue weighted by molar-refractivity contribution is 6.32. The van der Waals surface area contributed by atoms with E-state index in [0.717, 1.165) is 19.3 Å². The minimum Gasteiger partial charge on any atom is -0.490 e. The molecular formula is C14H19ClO2. The van der Waals surface area contributed by atoms with Gasteiger partial charge in [-0.15, -0.1) is 0 Å². The zero-order chi connectivity index (χ0) is 12.5. The van der Waals surface area contributed by atoms with Gasteiger partial charge in [-0.3, -0.25) is 0 Å². The third-order valence-corrected chi connectivity index (χ3v) is 2.50. The van der Waals surface area contributed by atoms with Crippen molar-refractivity contribution in [2.45, 2.75) is 33.1 Å². The van der Waals surface area contributed by atoms with Crippen LogP contribution >= 0.6 is 11.6 Å². The summed E-state index contributed by atoms with van der Waals surface area (Å²) in [5.41, 5.74) is 0. The molecule has 94 valence electrons. The minimum absolute atomic E-state index is 0.569. The highest BCUT2D eigenvalue weighted by atomic mass is 35.5. The molecule has 0 aliphatic rings. The molecule has 0 aromatic heterocycles. The number of hydrogen-bond donors (Lipinski definition) is 0. The largest absolute Gasteiger partial charge is 0.490 e. The van der Waals surface area contributed by atoms with E-state index in [2.05, 4.69) is 6.92 Å². The SMILES string of the molecule is CCC=COc1c(Cl)cccc1OCCCC. The molecule has 0 unspecified atom stereocenters. The van der Waals surface area contributed by atoms with Gasteiger partial charge in [0.15, 0.2) is 11.5 Å². The zero-order valence-electron chi connectivity index (χ0n) is 10.4. The van der Waals surface area contributed by atoms with Gasteiger partial charge < -0.3 is 9.47 Å². The van der Waals surface area contributed by atoms with Crippen LogP contribution in [0.1, 0.15) is 33.1 Å². The molecule has 0 bridgehead atoms. The highest BCUT2D eigenvalue weighted by Gasteiger charge is 2.08. The number of allylic oxidation sites excluding steroid dienone is 1. The van der Waals surface area contributed by atoms with Gasteiger partial charge in [0.2, 0.25) is 0 Å². The molecule has 0 aliphatic carbocycles. The molecule has 17 heavy (non-hydrogen) atoms. The van der Waals surface area contributed by atoms with Gasteiger partial charge in [-0.05, 0) is 31.1 Å². The van der Waals surface area contributed by atoms with Gasteiger partial charge in [0.05, 0.1) is 17.9 Å². The Kier molecular flexibility index (Phi) is 6.56. The first-order chi connectivity index (χ1) is 8.29. The average molecular weight is 255 g/mol. The molecule has 0 N–H and O–H groups in total. The van der Waals surface area contributed by atoms with Crippen molar-refractivity contribution < 1.29 is 9.47 Å². The average Bonchev–Trinajstić information content (AvgIpc) is 2.33. The Morgan fingerprint density at radius 1 is 1.29 bits per heavy atom. The summed E-state index contributed by atoms with van der Waals surface area (Å²) in [7, 11) is 0. The molecular weight excluding hydrogens is 236 g/mol. The first-order valence-electron chi connectivity index (χ1n) is 6.02. The van der Waals surface area contributed by atoms with E-state index in [1.54, 1.807) is 12.3 Å². The Labute approximate surface area is 108 Å². The maximum Gasteiger partial charge on any atom is 0.186 e. The second-order valence-electron chi connectivity index (χ2n) is 3.67. The number of rotatable bonds is 7. The lowest BCUT2D eigenvalue weighted by molar-refractivity contribution is 0.295. The van der Waals surface area contributed by atoms with Crippen molar-refractivity contribution in [1.29, 1.82) is 0 Å². The van der Waals surface area contributed by atoms with Crippen LogP contribution in [0.25, 0.3) is 0 Å². The van der Waals surface area contributed by atoms with Gasteiger partial charge in [-0.2, -0.15) is 0 Å². The van der Waals surface area contributed by atoms with Crippen LogP contribution in [0, 0.1) is 0 Å². The van der Waals surface area contributed by atoms with Crippen molar-refractivity contribution in [2.24, 2.45) is 0 Å². The number of para-hydroxylation sites is 1. The van der Waals surface area contributed by atoms with Crippen LogP contribution in [0.4, 0.5) is 0 Å². The summed E-state index contributed by atoms with van der Waals surface area (Å²) in [6, 6.07) is 5.53. The molecule has 2 nitrogen and oxygen atoms in total. The third kappa shape index (κ3) is 4.70. The standard InChI is InChI=1S/C14H19ClO2/c1-3-5-10-16-13-9-7-8-12(15)14(13)17-11-6-4-2/h6-9,11H,3-5,10H2,1-2H3. The molecule has 0 aliphatic heterocycles. The summed E-state index contributed by atoms with van der Waals surface area (Å²) in [6.45, 7) is 4.86. The highest BCUT2D eigenvalue weighted by Crippen LogP contribution is 2.35. The smallest absolute Gasteiger partial charge is 0.186 e. The van der Waals surface area contributed by atoms with E-state index in [1.165, 1.54) is 0 Å². The van der Waals surface area contributed by atoms with Crippen LogP contribution in [-0.2, 0) is 0 Å². The molecule has 0 amide bonds. The summed E-state index contributed by atoms with van der Waals surface area (Å²) >= 11 is 6.08. The Balaban J connectivity index is 2.73. The van der Waals surface area contributed by atoms with E-state index in [0.29, 0.717) is 23.1 Å². The summed E-state index contributed by atoms with van der Waals surface area (Å²) < 4.78 is 11.1. The first kappa shape index (κ1) is 13.9. The number of unbranched alkanes of at least 4 members (excludes halogenated alkanes) is 1. The van der Waals surface area contributed by atoms with Crippen LogP contribution in [0.5, 0.6) is 11.5 Å². The number of benzene rings is 1. The van der Waals surface area contributed by atoms with Crippen molar-refractivity contribution in [3.8, 4) is 11.5 Å². The van der Waals surface area contributed by atoms with Crippen LogP contribution in [0.15, 0.2) is 30.5 Å². The molecule has 0 spiro atoms. The third-order valence-electron chi connectivity index (χ3n) is 2.20. The number of hydrogen-bond acceptors (Lipinski definition) is 2. The molecule has 0 atom stereocenters. The summed E-state index contributed by atoms with van der Waals surface area (Å²) in [5.74, 6) is 1.29. The Bertz CT molecular complexity index is 361. The maximum absolute atomic E-state index is 6.08. The molecule has 1 aromatic rings. The van der Waals surface area contributed by atoms with Crippen LogP contribution in [-0.4, -0.2) is 6.61 Å². The predicted octanol–water partition coefficient (Wildman–Crippen LogP) is 4.82. The van der Waals surface area contributed by atoms with E-state index in [4.69, 9.17) is 21.1 Å². The number of halogens is 1. The van der Waals surface area contributed by atoms with Gasteiger partial charge in [-0.25, -0.2) is 0 Å². The maximum atomic E-state index is 6.08. The molecule has 0 radical (unpaired) electrons.